The first-order chi connectivity index (χ1) is 10.2. The monoisotopic (exact) mass is 286 g/mol. The number of hydrogen-bond donors (Lipinski definition) is 0. The largest absolute Gasteiger partial charge is 0.494 e. The van der Waals surface area contributed by atoms with Crippen molar-refractivity contribution in [2.45, 2.75) is 39.5 Å². The van der Waals surface area contributed by atoms with Crippen molar-refractivity contribution in [3.05, 3.63) is 53.8 Å². The number of unbranched alkanes of at least 4 members (excludes halogenated alkanes) is 2. The normalized spacial score (nSPS) is 10.6. The van der Waals surface area contributed by atoms with E-state index in [1.54, 1.807) is 6.07 Å². The van der Waals surface area contributed by atoms with Gasteiger partial charge in [0.2, 0.25) is 0 Å². The van der Waals surface area contributed by atoms with Crippen LogP contribution >= 0.6 is 0 Å². The molecule has 0 spiro atoms. The summed E-state index contributed by atoms with van der Waals surface area (Å²) < 4.78 is 19.7. The lowest BCUT2D eigenvalue weighted by Gasteiger charge is -2.08. The van der Waals surface area contributed by atoms with E-state index < -0.39 is 0 Å². The average molecular weight is 286 g/mol. The second-order valence-corrected chi connectivity index (χ2v) is 5.23. The fourth-order valence-electron chi connectivity index (χ4n) is 2.42. The van der Waals surface area contributed by atoms with E-state index in [0.29, 0.717) is 12.2 Å². The third-order valence-corrected chi connectivity index (χ3v) is 3.58. The summed E-state index contributed by atoms with van der Waals surface area (Å²) >= 11 is 0. The van der Waals surface area contributed by atoms with Crippen molar-refractivity contribution in [2.75, 3.05) is 6.61 Å². The van der Waals surface area contributed by atoms with Crippen molar-refractivity contribution in [3.63, 3.8) is 0 Å². The van der Waals surface area contributed by atoms with Gasteiger partial charge < -0.3 is 4.74 Å². The highest BCUT2D eigenvalue weighted by atomic mass is 19.1. The standard InChI is InChI=1S/C19H23FO/c1-3-5-6-7-15-8-13-18(19(20)14-15)16-9-11-17(12-10-16)21-4-2/h8-14H,3-7H2,1-2H3. The molecule has 112 valence electrons. The van der Waals surface area contributed by atoms with E-state index in [0.717, 1.165) is 29.7 Å². The Morgan fingerprint density at radius 2 is 1.71 bits per heavy atom. The molecular weight excluding hydrogens is 263 g/mol. The van der Waals surface area contributed by atoms with Crippen molar-refractivity contribution in [3.8, 4) is 16.9 Å². The van der Waals surface area contributed by atoms with Crippen molar-refractivity contribution >= 4 is 0 Å². The molecule has 2 rings (SSSR count). The SMILES string of the molecule is CCCCCc1ccc(-c2ccc(OCC)cc2)c(F)c1. The van der Waals surface area contributed by atoms with Crippen LogP contribution < -0.4 is 4.74 Å². The van der Waals surface area contributed by atoms with E-state index in [1.165, 1.54) is 12.8 Å². The smallest absolute Gasteiger partial charge is 0.131 e. The number of rotatable bonds is 7. The van der Waals surface area contributed by atoms with Gasteiger partial charge in [0.05, 0.1) is 6.61 Å². The van der Waals surface area contributed by atoms with Crippen LogP contribution in [-0.4, -0.2) is 6.61 Å². The van der Waals surface area contributed by atoms with Gasteiger partial charge in [-0.3, -0.25) is 0 Å². The molecule has 1 nitrogen and oxygen atoms in total. The molecule has 0 aliphatic rings. The molecule has 0 saturated carbocycles. The van der Waals surface area contributed by atoms with Gasteiger partial charge in [-0.05, 0) is 49.1 Å². The lowest BCUT2D eigenvalue weighted by molar-refractivity contribution is 0.340. The van der Waals surface area contributed by atoms with Gasteiger partial charge in [0, 0.05) is 5.56 Å². The van der Waals surface area contributed by atoms with Gasteiger partial charge in [-0.2, -0.15) is 0 Å². The van der Waals surface area contributed by atoms with Gasteiger partial charge in [0.25, 0.3) is 0 Å². The maximum Gasteiger partial charge on any atom is 0.131 e. The summed E-state index contributed by atoms with van der Waals surface area (Å²) in [4.78, 5) is 0. The van der Waals surface area contributed by atoms with Crippen LogP contribution in [0.5, 0.6) is 5.75 Å². The summed E-state index contributed by atoms with van der Waals surface area (Å²) in [6.07, 6.45) is 4.46. The number of halogens is 1. The Balaban J connectivity index is 2.12. The van der Waals surface area contributed by atoms with Gasteiger partial charge in [-0.1, -0.05) is 44.0 Å². The minimum absolute atomic E-state index is 0.145. The molecule has 0 atom stereocenters. The van der Waals surface area contributed by atoms with Gasteiger partial charge in [-0.25, -0.2) is 4.39 Å². The molecule has 2 aromatic rings. The Hall–Kier alpha value is -1.83. The zero-order valence-corrected chi connectivity index (χ0v) is 12.9. The Morgan fingerprint density at radius 3 is 2.33 bits per heavy atom. The molecule has 0 aliphatic carbocycles. The van der Waals surface area contributed by atoms with Crippen LogP contribution in [0, 0.1) is 5.82 Å². The Bertz CT molecular complexity index is 560. The van der Waals surface area contributed by atoms with E-state index in [2.05, 4.69) is 6.92 Å². The number of benzene rings is 2. The van der Waals surface area contributed by atoms with Crippen molar-refractivity contribution < 1.29 is 9.13 Å². The van der Waals surface area contributed by atoms with Crippen LogP contribution in [0.25, 0.3) is 11.1 Å². The highest BCUT2D eigenvalue weighted by Crippen LogP contribution is 2.26. The van der Waals surface area contributed by atoms with Crippen molar-refractivity contribution in [1.29, 1.82) is 0 Å². The molecule has 21 heavy (non-hydrogen) atoms. The number of ether oxygens (including phenoxy) is 1. The summed E-state index contributed by atoms with van der Waals surface area (Å²) in [5.74, 6) is 0.672. The molecule has 2 heteroatoms. The maximum atomic E-state index is 14.3. The maximum absolute atomic E-state index is 14.3. The average Bonchev–Trinajstić information content (AvgIpc) is 2.49. The molecular formula is C19H23FO. The quantitative estimate of drug-likeness (QED) is 0.600. The highest BCUT2D eigenvalue weighted by molar-refractivity contribution is 5.65. The fourth-order valence-corrected chi connectivity index (χ4v) is 2.42. The van der Waals surface area contributed by atoms with Crippen LogP contribution in [-0.2, 0) is 6.42 Å². The lowest BCUT2D eigenvalue weighted by Crippen LogP contribution is -1.92. The minimum Gasteiger partial charge on any atom is -0.494 e. The Kier molecular flexibility index (Phi) is 5.79. The molecule has 0 N–H and O–H groups in total. The molecule has 0 aliphatic heterocycles. The molecule has 0 heterocycles. The van der Waals surface area contributed by atoms with Gasteiger partial charge in [-0.15, -0.1) is 0 Å². The minimum atomic E-state index is -0.145. The molecule has 0 radical (unpaired) electrons. The molecule has 0 unspecified atom stereocenters. The molecule has 0 amide bonds. The van der Waals surface area contributed by atoms with Gasteiger partial charge in [0.1, 0.15) is 11.6 Å². The zero-order chi connectivity index (χ0) is 15.1. The highest BCUT2D eigenvalue weighted by Gasteiger charge is 2.06. The fraction of sp³-hybridized carbons (Fsp3) is 0.368. The third-order valence-electron chi connectivity index (χ3n) is 3.58. The van der Waals surface area contributed by atoms with E-state index in [4.69, 9.17) is 4.74 Å². The first-order valence-electron chi connectivity index (χ1n) is 7.76. The zero-order valence-electron chi connectivity index (χ0n) is 12.9. The predicted molar refractivity (Wildman–Crippen MR) is 86.2 cm³/mol. The number of aryl methyl sites for hydroxylation is 1. The summed E-state index contributed by atoms with van der Waals surface area (Å²) in [5.41, 5.74) is 2.61. The Labute approximate surface area is 126 Å². The molecule has 0 bridgehead atoms. The molecule has 0 aromatic heterocycles. The summed E-state index contributed by atoms with van der Waals surface area (Å²) in [5, 5.41) is 0. The Morgan fingerprint density at radius 1 is 0.952 bits per heavy atom. The van der Waals surface area contributed by atoms with Crippen LogP contribution in [0.15, 0.2) is 42.5 Å². The summed E-state index contributed by atoms with van der Waals surface area (Å²) in [6.45, 7) is 4.76. The molecule has 2 aromatic carbocycles. The van der Waals surface area contributed by atoms with Crippen LogP contribution in [0.3, 0.4) is 0 Å². The van der Waals surface area contributed by atoms with Crippen molar-refractivity contribution in [1.82, 2.24) is 0 Å². The predicted octanol–water partition coefficient (Wildman–Crippen LogP) is 5.62. The lowest BCUT2D eigenvalue weighted by atomic mass is 10.0. The van der Waals surface area contributed by atoms with Crippen LogP contribution in [0.1, 0.15) is 38.7 Å². The van der Waals surface area contributed by atoms with E-state index in [-0.39, 0.29) is 5.82 Å². The summed E-state index contributed by atoms with van der Waals surface area (Å²) in [7, 11) is 0. The number of hydrogen-bond acceptors (Lipinski definition) is 1. The second-order valence-electron chi connectivity index (χ2n) is 5.23. The first-order valence-corrected chi connectivity index (χ1v) is 7.76. The van der Waals surface area contributed by atoms with Crippen LogP contribution in [0.2, 0.25) is 0 Å². The van der Waals surface area contributed by atoms with Crippen LogP contribution in [0.4, 0.5) is 4.39 Å². The van der Waals surface area contributed by atoms with Crippen molar-refractivity contribution in [2.24, 2.45) is 0 Å². The summed E-state index contributed by atoms with van der Waals surface area (Å²) in [6, 6.07) is 13.2. The topological polar surface area (TPSA) is 9.23 Å². The first kappa shape index (κ1) is 15.6. The van der Waals surface area contributed by atoms with Gasteiger partial charge >= 0.3 is 0 Å². The second kappa shape index (κ2) is 7.82. The van der Waals surface area contributed by atoms with E-state index in [9.17, 15) is 4.39 Å². The van der Waals surface area contributed by atoms with E-state index >= 15 is 0 Å². The molecule has 0 fully saturated rings. The van der Waals surface area contributed by atoms with Gasteiger partial charge in [0.15, 0.2) is 0 Å². The van der Waals surface area contributed by atoms with E-state index in [1.807, 2.05) is 43.3 Å². The third kappa shape index (κ3) is 4.32. The molecule has 0 saturated heterocycles.